The van der Waals surface area contributed by atoms with Gasteiger partial charge in [-0.2, -0.15) is 0 Å². The summed E-state index contributed by atoms with van der Waals surface area (Å²) in [4.78, 5) is 13.6. The van der Waals surface area contributed by atoms with Gasteiger partial charge in [-0.3, -0.25) is 4.79 Å². The largest absolute Gasteiger partial charge is 0.484 e. The summed E-state index contributed by atoms with van der Waals surface area (Å²) in [6.07, 6.45) is 0. The molecule has 112 valence electrons. The average molecular weight is 278 g/mol. The number of hydrogen-bond acceptors (Lipinski definition) is 3. The molecule has 0 aromatic heterocycles. The topological polar surface area (TPSA) is 41.6 Å². The summed E-state index contributed by atoms with van der Waals surface area (Å²) in [7, 11) is 1.79. The molecule has 0 saturated heterocycles. The van der Waals surface area contributed by atoms with E-state index in [4.69, 9.17) is 4.74 Å². The van der Waals surface area contributed by atoms with Crippen LogP contribution in [0, 0.1) is 0 Å². The first kappa shape index (κ1) is 16.5. The smallest absolute Gasteiger partial charge is 0.260 e. The van der Waals surface area contributed by atoms with Gasteiger partial charge >= 0.3 is 0 Å². The van der Waals surface area contributed by atoms with Crippen molar-refractivity contribution in [2.24, 2.45) is 0 Å². The maximum Gasteiger partial charge on any atom is 0.260 e. The molecule has 1 rings (SSSR count). The number of rotatable bonds is 7. The van der Waals surface area contributed by atoms with Crippen LogP contribution in [0.4, 0.5) is 0 Å². The van der Waals surface area contributed by atoms with E-state index in [1.807, 2.05) is 32.0 Å². The van der Waals surface area contributed by atoms with Crippen molar-refractivity contribution in [3.8, 4) is 5.75 Å². The van der Waals surface area contributed by atoms with Crippen LogP contribution in [0.25, 0.3) is 0 Å². The zero-order valence-corrected chi connectivity index (χ0v) is 13.1. The number of ether oxygens (including phenoxy) is 1. The van der Waals surface area contributed by atoms with Crippen LogP contribution in [-0.4, -0.2) is 37.0 Å². The number of hydrogen-bond donors (Lipinski definition) is 1. The Labute approximate surface area is 122 Å². The molecule has 0 aliphatic carbocycles. The highest BCUT2D eigenvalue weighted by atomic mass is 16.5. The fourth-order valence-corrected chi connectivity index (χ4v) is 1.83. The molecular weight excluding hydrogens is 252 g/mol. The van der Waals surface area contributed by atoms with E-state index in [0.717, 1.165) is 17.9 Å². The second-order valence-corrected chi connectivity index (χ2v) is 5.24. The number of amides is 1. The second kappa shape index (κ2) is 7.90. The molecule has 0 bridgehead atoms. The minimum atomic E-state index is -0.00913. The van der Waals surface area contributed by atoms with Crippen LogP contribution in [0.3, 0.4) is 0 Å². The van der Waals surface area contributed by atoms with E-state index in [1.165, 1.54) is 0 Å². The Kier molecular flexibility index (Phi) is 6.52. The lowest BCUT2D eigenvalue weighted by Gasteiger charge is -2.21. The van der Waals surface area contributed by atoms with Gasteiger partial charge < -0.3 is 15.0 Å². The first-order valence-corrected chi connectivity index (χ1v) is 7.17. The number of carbonyl (C=O) groups excluding carboxylic acids is 1. The molecule has 0 aliphatic heterocycles. The van der Waals surface area contributed by atoms with Crippen molar-refractivity contribution >= 4 is 5.91 Å². The zero-order valence-electron chi connectivity index (χ0n) is 13.1. The molecule has 0 fully saturated rings. The second-order valence-electron chi connectivity index (χ2n) is 5.24. The lowest BCUT2D eigenvalue weighted by molar-refractivity contribution is -0.133. The Hall–Kier alpha value is -1.55. The molecule has 0 aliphatic rings. The molecule has 4 nitrogen and oxygen atoms in total. The molecule has 1 aromatic carbocycles. The summed E-state index contributed by atoms with van der Waals surface area (Å²) in [6.45, 7) is 9.16. The summed E-state index contributed by atoms with van der Waals surface area (Å²) in [5.41, 5.74) is 1.16. The van der Waals surface area contributed by atoms with E-state index in [2.05, 4.69) is 25.2 Å². The van der Waals surface area contributed by atoms with Gasteiger partial charge in [0.25, 0.3) is 5.91 Å². The van der Waals surface area contributed by atoms with Gasteiger partial charge in [0.2, 0.25) is 0 Å². The molecule has 20 heavy (non-hydrogen) atoms. The van der Waals surface area contributed by atoms with E-state index in [9.17, 15) is 4.79 Å². The monoisotopic (exact) mass is 278 g/mol. The standard InChI is InChI=1S/C16H26N2O2/c1-6-17-13(4)14-8-7-9-15(10-14)20-11-16(19)18(5)12(2)3/h7-10,12-13,17H,6,11H2,1-5H3. The Morgan fingerprint density at radius 1 is 1.35 bits per heavy atom. The van der Waals surface area contributed by atoms with Crippen molar-refractivity contribution in [2.45, 2.75) is 39.8 Å². The van der Waals surface area contributed by atoms with Gasteiger partial charge in [0.1, 0.15) is 5.75 Å². The molecule has 4 heteroatoms. The quantitative estimate of drug-likeness (QED) is 0.833. The molecule has 1 amide bonds. The van der Waals surface area contributed by atoms with Crippen molar-refractivity contribution in [2.75, 3.05) is 20.2 Å². The lowest BCUT2D eigenvalue weighted by Crippen LogP contribution is -2.36. The van der Waals surface area contributed by atoms with Crippen molar-refractivity contribution in [1.82, 2.24) is 10.2 Å². The van der Waals surface area contributed by atoms with Gasteiger partial charge in [0, 0.05) is 19.1 Å². The number of benzene rings is 1. The summed E-state index contributed by atoms with van der Waals surface area (Å²) in [6, 6.07) is 8.34. The highest BCUT2D eigenvalue weighted by molar-refractivity contribution is 5.77. The molecular formula is C16H26N2O2. The highest BCUT2D eigenvalue weighted by Gasteiger charge is 2.12. The first-order valence-electron chi connectivity index (χ1n) is 7.17. The molecule has 1 unspecified atom stereocenters. The molecule has 0 radical (unpaired) electrons. The molecule has 0 heterocycles. The van der Waals surface area contributed by atoms with Gasteiger partial charge in [-0.1, -0.05) is 19.1 Å². The Morgan fingerprint density at radius 3 is 2.65 bits per heavy atom. The van der Waals surface area contributed by atoms with Crippen LogP contribution >= 0.6 is 0 Å². The van der Waals surface area contributed by atoms with Gasteiger partial charge in [0.15, 0.2) is 6.61 Å². The third-order valence-corrected chi connectivity index (χ3v) is 3.40. The third kappa shape index (κ3) is 4.85. The third-order valence-electron chi connectivity index (χ3n) is 3.40. The minimum Gasteiger partial charge on any atom is -0.484 e. The van der Waals surface area contributed by atoms with Crippen LogP contribution in [-0.2, 0) is 4.79 Å². The van der Waals surface area contributed by atoms with E-state index in [-0.39, 0.29) is 24.6 Å². The maximum absolute atomic E-state index is 11.9. The fraction of sp³-hybridized carbons (Fsp3) is 0.562. The van der Waals surface area contributed by atoms with Crippen LogP contribution in [0.5, 0.6) is 5.75 Å². The van der Waals surface area contributed by atoms with Gasteiger partial charge in [-0.15, -0.1) is 0 Å². The SMILES string of the molecule is CCNC(C)c1cccc(OCC(=O)N(C)C(C)C)c1. The number of likely N-dealkylation sites (N-methyl/N-ethyl adjacent to an activating group) is 1. The van der Waals surface area contributed by atoms with Crippen molar-refractivity contribution in [3.63, 3.8) is 0 Å². The number of nitrogens with one attached hydrogen (secondary N) is 1. The molecule has 1 aromatic rings. The van der Waals surface area contributed by atoms with Crippen molar-refractivity contribution in [3.05, 3.63) is 29.8 Å². The predicted octanol–water partition coefficient (Wildman–Crippen LogP) is 2.60. The molecule has 0 saturated carbocycles. The summed E-state index contributed by atoms with van der Waals surface area (Å²) >= 11 is 0. The minimum absolute atomic E-state index is 0.00913. The Bertz CT molecular complexity index is 432. The fourth-order valence-electron chi connectivity index (χ4n) is 1.83. The van der Waals surface area contributed by atoms with E-state index in [0.29, 0.717) is 0 Å². The highest BCUT2D eigenvalue weighted by Crippen LogP contribution is 2.19. The number of carbonyl (C=O) groups is 1. The first-order chi connectivity index (χ1) is 9.45. The average Bonchev–Trinajstić information content (AvgIpc) is 2.44. The molecule has 1 N–H and O–H groups in total. The van der Waals surface area contributed by atoms with Crippen LogP contribution in [0.2, 0.25) is 0 Å². The predicted molar refractivity (Wildman–Crippen MR) is 81.9 cm³/mol. The van der Waals surface area contributed by atoms with Crippen LogP contribution < -0.4 is 10.1 Å². The van der Waals surface area contributed by atoms with E-state index >= 15 is 0 Å². The molecule has 0 spiro atoms. The Morgan fingerprint density at radius 2 is 2.05 bits per heavy atom. The lowest BCUT2D eigenvalue weighted by atomic mass is 10.1. The number of nitrogens with zero attached hydrogens (tertiary/aromatic N) is 1. The van der Waals surface area contributed by atoms with Crippen LogP contribution in [0.15, 0.2) is 24.3 Å². The maximum atomic E-state index is 11.9. The van der Waals surface area contributed by atoms with Gasteiger partial charge in [-0.25, -0.2) is 0 Å². The normalized spacial score (nSPS) is 12.3. The van der Waals surface area contributed by atoms with Crippen molar-refractivity contribution < 1.29 is 9.53 Å². The van der Waals surface area contributed by atoms with Gasteiger partial charge in [-0.05, 0) is 45.0 Å². The van der Waals surface area contributed by atoms with Crippen LogP contribution in [0.1, 0.15) is 39.3 Å². The summed E-state index contributed by atoms with van der Waals surface area (Å²) < 4.78 is 5.59. The Balaban J connectivity index is 2.60. The summed E-state index contributed by atoms with van der Waals surface area (Å²) in [5.74, 6) is 0.725. The molecule has 1 atom stereocenters. The van der Waals surface area contributed by atoms with Crippen molar-refractivity contribution in [1.29, 1.82) is 0 Å². The zero-order chi connectivity index (χ0) is 15.1. The van der Waals surface area contributed by atoms with E-state index < -0.39 is 0 Å². The summed E-state index contributed by atoms with van der Waals surface area (Å²) in [5, 5.41) is 3.36. The van der Waals surface area contributed by atoms with E-state index in [1.54, 1.807) is 11.9 Å². The van der Waals surface area contributed by atoms with Gasteiger partial charge in [0.05, 0.1) is 0 Å².